The largest absolute Gasteiger partial charge is 0.508 e. The van der Waals surface area contributed by atoms with E-state index in [0.29, 0.717) is 22.5 Å². The van der Waals surface area contributed by atoms with E-state index >= 15 is 0 Å². The number of likely N-dealkylation sites (tertiary alicyclic amines) is 1. The lowest BCUT2D eigenvalue weighted by molar-refractivity contribution is -0.159. The van der Waals surface area contributed by atoms with Crippen molar-refractivity contribution in [3.8, 4) is 5.75 Å². The molecule has 0 unspecified atom stereocenters. The van der Waals surface area contributed by atoms with Gasteiger partial charge < -0.3 is 19.6 Å². The van der Waals surface area contributed by atoms with Gasteiger partial charge in [-0.15, -0.1) is 0 Å². The standard InChI is InChI=1S/C29H38Cl2N2O3/c1-20(2)18-33(27(35)15-21-8-9-25(30)26(31)14-21)23-10-11-29(36-4)19-32(3)13-12-28(29,17-23)22-6-5-7-24(34)16-22/h5-9,14,16,20,23,34H,10-13,15,17-19H2,1-4H3/t23-,28-,29-/m0/s1. The molecular formula is C29H38Cl2N2O3. The first-order valence-corrected chi connectivity index (χ1v) is 13.6. The van der Waals surface area contributed by atoms with Crippen LogP contribution in [0.15, 0.2) is 42.5 Å². The van der Waals surface area contributed by atoms with Crippen LogP contribution in [-0.2, 0) is 21.4 Å². The van der Waals surface area contributed by atoms with Gasteiger partial charge in [0.2, 0.25) is 5.91 Å². The highest BCUT2D eigenvalue weighted by Crippen LogP contribution is 2.54. The highest BCUT2D eigenvalue weighted by molar-refractivity contribution is 6.42. The highest BCUT2D eigenvalue weighted by atomic mass is 35.5. The fraction of sp³-hybridized carbons (Fsp3) is 0.552. The second-order valence-electron chi connectivity index (χ2n) is 11.1. The monoisotopic (exact) mass is 532 g/mol. The van der Waals surface area contributed by atoms with Crippen molar-refractivity contribution in [1.29, 1.82) is 0 Å². The van der Waals surface area contributed by atoms with Crippen LogP contribution in [0.2, 0.25) is 10.0 Å². The van der Waals surface area contributed by atoms with Gasteiger partial charge in [0.05, 0.1) is 22.1 Å². The Kier molecular flexibility index (Phi) is 8.25. The van der Waals surface area contributed by atoms with E-state index in [1.165, 1.54) is 0 Å². The highest BCUT2D eigenvalue weighted by Gasteiger charge is 2.59. The van der Waals surface area contributed by atoms with Crippen molar-refractivity contribution >= 4 is 29.1 Å². The van der Waals surface area contributed by atoms with E-state index in [4.69, 9.17) is 27.9 Å². The second kappa shape index (κ2) is 10.9. The van der Waals surface area contributed by atoms with Crippen LogP contribution in [0.3, 0.4) is 0 Å². The summed E-state index contributed by atoms with van der Waals surface area (Å²) in [6.07, 6.45) is 3.73. The van der Waals surface area contributed by atoms with Crippen LogP contribution in [0.25, 0.3) is 0 Å². The van der Waals surface area contributed by atoms with Crippen LogP contribution in [0.5, 0.6) is 5.75 Å². The maximum atomic E-state index is 13.8. The van der Waals surface area contributed by atoms with E-state index in [9.17, 15) is 9.90 Å². The van der Waals surface area contributed by atoms with Gasteiger partial charge in [-0.2, -0.15) is 0 Å². The number of nitrogens with zero attached hydrogens (tertiary/aromatic N) is 2. The molecule has 1 saturated carbocycles. The molecule has 1 saturated heterocycles. The first-order valence-electron chi connectivity index (χ1n) is 12.9. The molecule has 36 heavy (non-hydrogen) atoms. The smallest absolute Gasteiger partial charge is 0.227 e. The number of phenolic OH excluding ortho intramolecular Hbond substituents is 1. The normalized spacial score (nSPS) is 26.6. The number of methoxy groups -OCH3 is 1. The first kappa shape index (κ1) is 27.3. The summed E-state index contributed by atoms with van der Waals surface area (Å²) in [6, 6.07) is 13.1. The van der Waals surface area contributed by atoms with E-state index in [0.717, 1.165) is 49.9 Å². The second-order valence-corrected chi connectivity index (χ2v) is 11.9. The Hall–Kier alpha value is -1.79. The molecule has 1 aliphatic carbocycles. The molecule has 4 rings (SSSR count). The van der Waals surface area contributed by atoms with E-state index in [1.807, 2.05) is 25.3 Å². The molecule has 196 valence electrons. The van der Waals surface area contributed by atoms with E-state index < -0.39 is 0 Å². The van der Waals surface area contributed by atoms with Crippen molar-refractivity contribution in [2.24, 2.45) is 5.92 Å². The lowest BCUT2D eigenvalue weighted by atomic mass is 9.55. The maximum absolute atomic E-state index is 13.8. The number of likely N-dealkylation sites (N-methyl/N-ethyl adjacent to an activating group) is 1. The third-order valence-electron chi connectivity index (χ3n) is 8.24. The van der Waals surface area contributed by atoms with Gasteiger partial charge in [-0.1, -0.05) is 55.2 Å². The number of rotatable bonds is 7. The van der Waals surface area contributed by atoms with Gasteiger partial charge in [0.1, 0.15) is 5.75 Å². The van der Waals surface area contributed by atoms with Crippen LogP contribution in [-0.4, -0.2) is 66.2 Å². The number of aromatic hydroxyl groups is 1. The minimum Gasteiger partial charge on any atom is -0.508 e. The van der Waals surface area contributed by atoms with Crippen LogP contribution >= 0.6 is 23.2 Å². The molecule has 0 spiro atoms. The number of halogens is 2. The Morgan fingerprint density at radius 3 is 2.64 bits per heavy atom. The third kappa shape index (κ3) is 5.26. The predicted molar refractivity (Wildman–Crippen MR) is 146 cm³/mol. The Morgan fingerprint density at radius 2 is 1.97 bits per heavy atom. The summed E-state index contributed by atoms with van der Waals surface area (Å²) in [7, 11) is 3.96. The fourth-order valence-electron chi connectivity index (χ4n) is 6.52. The molecule has 2 aromatic rings. The molecule has 2 fully saturated rings. The number of amides is 1. The van der Waals surface area contributed by atoms with Crippen LogP contribution in [0.1, 0.15) is 50.7 Å². The zero-order valence-electron chi connectivity index (χ0n) is 21.8. The minimum atomic E-state index is -0.374. The van der Waals surface area contributed by atoms with Crippen LogP contribution in [0.4, 0.5) is 0 Å². The summed E-state index contributed by atoms with van der Waals surface area (Å²) in [5, 5.41) is 11.3. The number of carbonyl (C=O) groups excluding carboxylic acids is 1. The number of ether oxygens (including phenoxy) is 1. The summed E-state index contributed by atoms with van der Waals surface area (Å²) >= 11 is 12.3. The number of hydrogen-bond acceptors (Lipinski definition) is 4. The fourth-order valence-corrected chi connectivity index (χ4v) is 6.84. The van der Waals surface area contributed by atoms with Gasteiger partial charge in [0.15, 0.2) is 0 Å². The average Bonchev–Trinajstić information content (AvgIpc) is 2.84. The molecule has 1 amide bonds. The summed E-state index contributed by atoms with van der Waals surface area (Å²) in [5.41, 5.74) is 1.30. The summed E-state index contributed by atoms with van der Waals surface area (Å²) in [4.78, 5) is 18.2. The van der Waals surface area contributed by atoms with Crippen molar-refractivity contribution in [1.82, 2.24) is 9.80 Å². The summed E-state index contributed by atoms with van der Waals surface area (Å²) in [6.45, 7) is 6.77. The number of benzene rings is 2. The van der Waals surface area contributed by atoms with E-state index in [2.05, 4.69) is 36.8 Å². The van der Waals surface area contributed by atoms with Crippen molar-refractivity contribution in [2.75, 3.05) is 33.8 Å². The van der Waals surface area contributed by atoms with Crippen molar-refractivity contribution in [3.05, 3.63) is 63.6 Å². The number of piperidine rings is 1. The van der Waals surface area contributed by atoms with E-state index in [-0.39, 0.29) is 35.1 Å². The molecule has 2 aromatic carbocycles. The Morgan fingerprint density at radius 1 is 1.19 bits per heavy atom. The molecule has 5 nitrogen and oxygen atoms in total. The number of carbonyl (C=O) groups is 1. The SMILES string of the molecule is CO[C@]12CC[C@H](N(CC(C)C)C(=O)Cc3ccc(Cl)c(Cl)c3)C[C@]1(c1cccc(O)c1)CCN(C)C2. The predicted octanol–water partition coefficient (Wildman–Crippen LogP) is 5.94. The average molecular weight is 534 g/mol. The number of fused-ring (bicyclic) bond motifs is 1. The molecule has 0 aromatic heterocycles. The van der Waals surface area contributed by atoms with E-state index in [1.54, 1.807) is 18.2 Å². The Bertz CT molecular complexity index is 1090. The van der Waals surface area contributed by atoms with Gasteiger partial charge in [-0.25, -0.2) is 0 Å². The Labute approximate surface area is 225 Å². The van der Waals surface area contributed by atoms with Gasteiger partial charge in [-0.3, -0.25) is 4.79 Å². The Balaban J connectivity index is 1.69. The van der Waals surface area contributed by atoms with Crippen molar-refractivity contribution < 1.29 is 14.6 Å². The lowest BCUT2D eigenvalue weighted by Crippen LogP contribution is -2.67. The number of phenols is 1. The third-order valence-corrected chi connectivity index (χ3v) is 8.97. The van der Waals surface area contributed by atoms with Gasteiger partial charge >= 0.3 is 0 Å². The number of hydrogen-bond donors (Lipinski definition) is 1. The first-order chi connectivity index (χ1) is 17.1. The minimum absolute atomic E-state index is 0.0803. The molecular weight excluding hydrogens is 495 g/mol. The van der Waals surface area contributed by atoms with Crippen LogP contribution < -0.4 is 0 Å². The van der Waals surface area contributed by atoms with Gasteiger partial charge in [0.25, 0.3) is 0 Å². The maximum Gasteiger partial charge on any atom is 0.227 e. The van der Waals surface area contributed by atoms with Gasteiger partial charge in [0, 0.05) is 31.7 Å². The molecule has 0 bridgehead atoms. The molecule has 3 atom stereocenters. The molecule has 2 aliphatic rings. The zero-order chi connectivity index (χ0) is 26.1. The van der Waals surface area contributed by atoms with Crippen molar-refractivity contribution in [3.63, 3.8) is 0 Å². The molecule has 7 heteroatoms. The quantitative estimate of drug-likeness (QED) is 0.479. The van der Waals surface area contributed by atoms with Crippen LogP contribution in [0, 0.1) is 5.92 Å². The molecule has 1 N–H and O–H groups in total. The topological polar surface area (TPSA) is 53.0 Å². The van der Waals surface area contributed by atoms with Crippen molar-refractivity contribution in [2.45, 2.75) is 63.0 Å². The molecule has 0 radical (unpaired) electrons. The summed E-state index contributed by atoms with van der Waals surface area (Å²) < 4.78 is 6.39. The zero-order valence-corrected chi connectivity index (χ0v) is 23.3. The molecule has 1 aliphatic heterocycles. The lowest BCUT2D eigenvalue weighted by Gasteiger charge is -2.60. The molecule has 1 heterocycles. The summed E-state index contributed by atoms with van der Waals surface area (Å²) in [5.74, 6) is 0.713. The van der Waals surface area contributed by atoms with Gasteiger partial charge in [-0.05, 0) is 80.6 Å².